The summed E-state index contributed by atoms with van der Waals surface area (Å²) in [7, 11) is 3.12. The molecule has 0 atom stereocenters. The van der Waals surface area contributed by atoms with E-state index in [4.69, 9.17) is 9.47 Å². The molecule has 188 valence electrons. The highest BCUT2D eigenvalue weighted by Crippen LogP contribution is 2.28. The third-order valence-corrected chi connectivity index (χ3v) is 6.38. The first kappa shape index (κ1) is 24.1. The molecule has 37 heavy (non-hydrogen) atoms. The number of carbonyl (C=O) groups excluding carboxylic acids is 3. The van der Waals surface area contributed by atoms with Gasteiger partial charge in [0.2, 0.25) is 5.88 Å². The number of likely N-dealkylation sites (tertiary alicyclic amines) is 1. The van der Waals surface area contributed by atoms with Gasteiger partial charge in [-0.25, -0.2) is 4.98 Å². The van der Waals surface area contributed by atoms with Gasteiger partial charge >= 0.3 is 0 Å². The van der Waals surface area contributed by atoms with Crippen LogP contribution in [0, 0.1) is 0 Å². The van der Waals surface area contributed by atoms with Crippen LogP contribution in [0.5, 0.6) is 11.6 Å². The van der Waals surface area contributed by atoms with Crippen LogP contribution in [0.2, 0.25) is 0 Å². The van der Waals surface area contributed by atoms with Crippen molar-refractivity contribution in [2.24, 2.45) is 0 Å². The number of hydrogen-bond acceptors (Lipinski definition) is 7. The smallest absolute Gasteiger partial charge is 0.270 e. The van der Waals surface area contributed by atoms with Crippen LogP contribution in [0.15, 0.2) is 66.9 Å². The van der Waals surface area contributed by atoms with Crippen molar-refractivity contribution in [3.05, 3.63) is 78.1 Å². The van der Waals surface area contributed by atoms with Crippen LogP contribution in [0.25, 0.3) is 10.9 Å². The third-order valence-electron chi connectivity index (χ3n) is 6.38. The van der Waals surface area contributed by atoms with Gasteiger partial charge in [-0.3, -0.25) is 14.4 Å². The van der Waals surface area contributed by atoms with E-state index in [2.05, 4.69) is 10.3 Å². The third kappa shape index (κ3) is 5.02. The second-order valence-electron chi connectivity index (χ2n) is 8.77. The summed E-state index contributed by atoms with van der Waals surface area (Å²) in [6.45, 7) is 0.428. The van der Waals surface area contributed by atoms with Gasteiger partial charge in [0, 0.05) is 47.6 Å². The molecule has 0 radical (unpaired) electrons. The Morgan fingerprint density at radius 3 is 2.46 bits per heavy atom. The number of ether oxygens (including phenoxy) is 2. The quantitative estimate of drug-likeness (QED) is 0.365. The van der Waals surface area contributed by atoms with Crippen LogP contribution in [0.1, 0.15) is 27.3 Å². The van der Waals surface area contributed by atoms with E-state index in [-0.39, 0.29) is 30.6 Å². The lowest BCUT2D eigenvalue weighted by Gasteiger charge is -2.17. The maximum atomic E-state index is 13.4. The minimum absolute atomic E-state index is 0.0320. The number of aromatic nitrogens is 2. The van der Waals surface area contributed by atoms with Gasteiger partial charge in [-0.15, -0.1) is 0 Å². The van der Waals surface area contributed by atoms with Crippen LogP contribution in [0.3, 0.4) is 0 Å². The zero-order valence-corrected chi connectivity index (χ0v) is 20.6. The number of benzene rings is 2. The highest BCUT2D eigenvalue weighted by Gasteiger charge is 2.28. The molecule has 1 aliphatic heterocycles. The zero-order chi connectivity index (χ0) is 25.9. The van der Waals surface area contributed by atoms with E-state index >= 15 is 0 Å². The van der Waals surface area contributed by atoms with Crippen molar-refractivity contribution in [2.45, 2.75) is 13.0 Å². The minimum atomic E-state index is -0.266. The first-order chi connectivity index (χ1) is 17.9. The number of nitrogens with zero attached hydrogens (tertiary/aromatic N) is 3. The summed E-state index contributed by atoms with van der Waals surface area (Å²) in [4.78, 5) is 44.2. The molecular weight excluding hydrogens is 472 g/mol. The molecule has 1 fully saturated rings. The molecule has 2 aromatic carbocycles. The van der Waals surface area contributed by atoms with Gasteiger partial charge < -0.3 is 24.3 Å². The summed E-state index contributed by atoms with van der Waals surface area (Å²) in [5, 5.41) is 4.14. The maximum absolute atomic E-state index is 13.4. The predicted molar refractivity (Wildman–Crippen MR) is 139 cm³/mol. The van der Waals surface area contributed by atoms with Crippen LogP contribution < -0.4 is 14.8 Å². The lowest BCUT2D eigenvalue weighted by atomic mass is 10.1. The van der Waals surface area contributed by atoms with Crippen molar-refractivity contribution in [3.63, 3.8) is 0 Å². The van der Waals surface area contributed by atoms with E-state index in [0.717, 1.165) is 22.3 Å². The Morgan fingerprint density at radius 1 is 0.973 bits per heavy atom. The molecule has 9 heteroatoms. The number of amides is 1. The first-order valence-electron chi connectivity index (χ1n) is 11.8. The van der Waals surface area contributed by atoms with Crippen molar-refractivity contribution >= 4 is 39.8 Å². The Labute approximate surface area is 213 Å². The number of Topliss-reactive ketones (excluding diaryl/α,β-unsaturated/α-hetero) is 2. The van der Waals surface area contributed by atoms with Gasteiger partial charge in [-0.1, -0.05) is 6.07 Å². The Balaban J connectivity index is 1.53. The average molecular weight is 499 g/mol. The maximum Gasteiger partial charge on any atom is 0.270 e. The van der Waals surface area contributed by atoms with E-state index in [1.807, 2.05) is 24.3 Å². The van der Waals surface area contributed by atoms with Crippen molar-refractivity contribution < 1.29 is 23.9 Å². The first-order valence-corrected chi connectivity index (χ1v) is 11.8. The second-order valence-corrected chi connectivity index (χ2v) is 8.77. The number of nitrogens with one attached hydrogen (secondary N) is 1. The highest BCUT2D eigenvalue weighted by atomic mass is 16.5. The van der Waals surface area contributed by atoms with Crippen LogP contribution in [-0.4, -0.2) is 59.2 Å². The van der Waals surface area contributed by atoms with Gasteiger partial charge in [-0.05, 0) is 48.5 Å². The number of hydrogen-bond donors (Lipinski definition) is 1. The number of methoxy groups -OCH3 is 2. The number of fused-ring (bicyclic) bond motifs is 1. The standard InChI is InChI=1S/C28H26N4O5/c1-36-23-7-4-18(5-8-23)26(34)17-32-24-14-20(30-21-9-11-29-27(15-21)37-2)6-3-19(24)13-25(32)28(35)31-12-10-22(33)16-31/h3-9,11,13-15H,10,12,16-17H2,1-2H3,(H,29,30). The van der Waals surface area contributed by atoms with Gasteiger partial charge in [0.25, 0.3) is 5.91 Å². The molecule has 0 bridgehead atoms. The van der Waals surface area contributed by atoms with E-state index in [1.54, 1.807) is 61.4 Å². The largest absolute Gasteiger partial charge is 0.497 e. The van der Waals surface area contributed by atoms with Gasteiger partial charge in [0.05, 0.1) is 32.8 Å². The average Bonchev–Trinajstić information content (AvgIpc) is 3.52. The summed E-state index contributed by atoms with van der Waals surface area (Å²) in [5.74, 6) is 0.750. The monoisotopic (exact) mass is 498 g/mol. The predicted octanol–water partition coefficient (Wildman–Crippen LogP) is 4.10. The Hall–Kier alpha value is -4.66. The number of anilines is 2. The summed E-state index contributed by atoms with van der Waals surface area (Å²) >= 11 is 0. The summed E-state index contributed by atoms with van der Waals surface area (Å²) in [5.41, 5.74) is 3.16. The molecule has 0 saturated carbocycles. The van der Waals surface area contributed by atoms with E-state index < -0.39 is 0 Å². The Morgan fingerprint density at radius 2 is 1.76 bits per heavy atom. The number of ketones is 2. The number of rotatable bonds is 8. The summed E-state index contributed by atoms with van der Waals surface area (Å²) < 4.78 is 12.1. The molecule has 4 aromatic rings. The molecule has 1 saturated heterocycles. The molecule has 0 aliphatic carbocycles. The SMILES string of the molecule is COc1ccc(C(=O)Cn2c(C(=O)N3CCC(=O)C3)cc3ccc(Nc4ccnc(OC)c4)cc32)cc1. The number of pyridine rings is 1. The normalized spacial score (nSPS) is 13.1. The lowest BCUT2D eigenvalue weighted by molar-refractivity contribution is -0.116. The molecule has 1 aliphatic rings. The van der Waals surface area contributed by atoms with Crippen LogP contribution in [-0.2, 0) is 11.3 Å². The van der Waals surface area contributed by atoms with Crippen molar-refractivity contribution in [1.29, 1.82) is 0 Å². The van der Waals surface area contributed by atoms with E-state index in [0.29, 0.717) is 35.9 Å². The fourth-order valence-corrected chi connectivity index (χ4v) is 4.42. The van der Waals surface area contributed by atoms with Crippen LogP contribution >= 0.6 is 0 Å². The molecule has 2 aromatic heterocycles. The lowest BCUT2D eigenvalue weighted by Crippen LogP contribution is -2.31. The van der Waals surface area contributed by atoms with Crippen molar-refractivity contribution in [2.75, 3.05) is 32.6 Å². The van der Waals surface area contributed by atoms with E-state index in [9.17, 15) is 14.4 Å². The van der Waals surface area contributed by atoms with Gasteiger partial charge in [0.1, 0.15) is 11.4 Å². The minimum Gasteiger partial charge on any atom is -0.497 e. The molecule has 5 rings (SSSR count). The van der Waals surface area contributed by atoms with E-state index in [1.165, 1.54) is 4.90 Å². The Bertz CT molecular complexity index is 1490. The number of carbonyl (C=O) groups is 3. The summed E-state index contributed by atoms with van der Waals surface area (Å²) in [6.07, 6.45) is 1.99. The van der Waals surface area contributed by atoms with Crippen LogP contribution in [0.4, 0.5) is 11.4 Å². The van der Waals surface area contributed by atoms with Crippen molar-refractivity contribution in [1.82, 2.24) is 14.5 Å². The molecular formula is C28H26N4O5. The fourth-order valence-electron chi connectivity index (χ4n) is 4.42. The molecule has 1 N–H and O–H groups in total. The molecule has 9 nitrogen and oxygen atoms in total. The Kier molecular flexibility index (Phi) is 6.59. The molecule has 0 unspecified atom stereocenters. The molecule has 0 spiro atoms. The fraction of sp³-hybridized carbons (Fsp3) is 0.214. The molecule has 3 heterocycles. The van der Waals surface area contributed by atoms with Gasteiger partial charge in [-0.2, -0.15) is 0 Å². The zero-order valence-electron chi connectivity index (χ0n) is 20.6. The van der Waals surface area contributed by atoms with Gasteiger partial charge in [0.15, 0.2) is 11.6 Å². The second kappa shape index (κ2) is 10.1. The summed E-state index contributed by atoms with van der Waals surface area (Å²) in [6, 6.07) is 17.9. The topological polar surface area (TPSA) is 103 Å². The highest BCUT2D eigenvalue weighted by molar-refractivity contribution is 6.04. The molecule has 1 amide bonds. The van der Waals surface area contributed by atoms with Crippen molar-refractivity contribution in [3.8, 4) is 11.6 Å².